The molecule has 24 heavy (non-hydrogen) atoms. The third kappa shape index (κ3) is 4.67. The Morgan fingerprint density at radius 2 is 1.96 bits per heavy atom. The van der Waals surface area contributed by atoms with Gasteiger partial charge in [-0.1, -0.05) is 35.9 Å². The fraction of sp³-hybridized carbons (Fsp3) is 0.167. The third-order valence-corrected chi connectivity index (χ3v) is 3.81. The second-order valence-electron chi connectivity index (χ2n) is 5.47. The summed E-state index contributed by atoms with van der Waals surface area (Å²) in [7, 11) is 0. The number of anilines is 1. The van der Waals surface area contributed by atoms with Crippen LogP contribution < -0.4 is 5.32 Å². The highest BCUT2D eigenvalue weighted by Crippen LogP contribution is 2.14. The lowest BCUT2D eigenvalue weighted by Gasteiger charge is -2.07. The Morgan fingerprint density at radius 1 is 1.12 bits per heavy atom. The number of rotatable bonds is 6. The van der Waals surface area contributed by atoms with E-state index >= 15 is 0 Å². The van der Waals surface area contributed by atoms with E-state index in [0.717, 1.165) is 16.8 Å². The molecule has 1 amide bonds. The maximum atomic E-state index is 12.0. The minimum atomic E-state index is -0.0148. The fourth-order valence-electron chi connectivity index (χ4n) is 2.37. The number of nitrogens with one attached hydrogen (secondary N) is 1. The zero-order chi connectivity index (χ0) is 16.8. The highest BCUT2D eigenvalue weighted by atomic mass is 35.5. The lowest BCUT2D eigenvalue weighted by Crippen LogP contribution is -2.12. The number of halogens is 1. The Labute approximate surface area is 145 Å². The number of hydrogen-bond acceptors (Lipinski definition) is 3. The molecule has 1 aromatic heterocycles. The van der Waals surface area contributed by atoms with Crippen molar-refractivity contribution >= 4 is 23.2 Å². The van der Waals surface area contributed by atoms with Crippen LogP contribution in [-0.4, -0.2) is 20.7 Å². The molecule has 0 spiro atoms. The van der Waals surface area contributed by atoms with Gasteiger partial charge in [0.2, 0.25) is 5.91 Å². The van der Waals surface area contributed by atoms with Gasteiger partial charge >= 0.3 is 0 Å². The van der Waals surface area contributed by atoms with E-state index in [1.807, 2.05) is 48.5 Å². The van der Waals surface area contributed by atoms with Crippen molar-refractivity contribution < 1.29 is 4.79 Å². The molecule has 0 radical (unpaired) electrons. The number of aryl methyl sites for hydroxylation is 1. The van der Waals surface area contributed by atoms with Crippen LogP contribution in [0.4, 0.5) is 5.69 Å². The maximum absolute atomic E-state index is 12.0. The molecule has 0 bridgehead atoms. The molecule has 2 aromatic carbocycles. The van der Waals surface area contributed by atoms with Gasteiger partial charge in [0.1, 0.15) is 12.7 Å². The zero-order valence-corrected chi connectivity index (χ0v) is 13.8. The molecule has 0 fully saturated rings. The SMILES string of the molecule is O=C(CCc1cccc(Cl)c1)Nc1ccc(Cn2cncn2)cc1. The van der Waals surface area contributed by atoms with E-state index in [1.165, 1.54) is 6.33 Å². The average molecular weight is 341 g/mol. The second-order valence-corrected chi connectivity index (χ2v) is 5.90. The number of benzene rings is 2. The van der Waals surface area contributed by atoms with E-state index in [9.17, 15) is 4.79 Å². The van der Waals surface area contributed by atoms with Gasteiger partial charge < -0.3 is 5.32 Å². The predicted molar refractivity (Wildman–Crippen MR) is 94.0 cm³/mol. The van der Waals surface area contributed by atoms with Gasteiger partial charge in [-0.3, -0.25) is 4.79 Å². The number of nitrogens with zero attached hydrogens (tertiary/aromatic N) is 3. The topological polar surface area (TPSA) is 59.8 Å². The molecule has 0 saturated carbocycles. The number of carbonyl (C=O) groups is 1. The molecule has 6 heteroatoms. The first kappa shape index (κ1) is 16.2. The van der Waals surface area contributed by atoms with E-state index in [1.54, 1.807) is 11.0 Å². The first-order chi connectivity index (χ1) is 11.7. The zero-order valence-electron chi connectivity index (χ0n) is 13.0. The van der Waals surface area contributed by atoms with E-state index in [-0.39, 0.29) is 5.91 Å². The highest BCUT2D eigenvalue weighted by molar-refractivity contribution is 6.30. The number of hydrogen-bond donors (Lipinski definition) is 1. The molecule has 3 rings (SSSR count). The predicted octanol–water partition coefficient (Wildman–Crippen LogP) is 3.55. The van der Waals surface area contributed by atoms with Crippen molar-refractivity contribution in [2.24, 2.45) is 0 Å². The second kappa shape index (κ2) is 7.75. The summed E-state index contributed by atoms with van der Waals surface area (Å²) >= 11 is 5.94. The van der Waals surface area contributed by atoms with E-state index in [2.05, 4.69) is 15.4 Å². The summed E-state index contributed by atoms with van der Waals surface area (Å²) in [5.74, 6) is -0.0148. The van der Waals surface area contributed by atoms with Gasteiger partial charge in [0.25, 0.3) is 0 Å². The van der Waals surface area contributed by atoms with Crippen molar-refractivity contribution in [2.75, 3.05) is 5.32 Å². The van der Waals surface area contributed by atoms with E-state index in [4.69, 9.17) is 11.6 Å². The van der Waals surface area contributed by atoms with Gasteiger partial charge in [-0.05, 0) is 41.8 Å². The van der Waals surface area contributed by atoms with Crippen molar-refractivity contribution in [3.8, 4) is 0 Å². The van der Waals surface area contributed by atoms with Crippen molar-refractivity contribution in [1.29, 1.82) is 0 Å². The van der Waals surface area contributed by atoms with Gasteiger partial charge in [-0.15, -0.1) is 0 Å². The summed E-state index contributed by atoms with van der Waals surface area (Å²) in [6, 6.07) is 15.3. The summed E-state index contributed by atoms with van der Waals surface area (Å²) in [6.07, 6.45) is 4.26. The van der Waals surface area contributed by atoms with Gasteiger partial charge in [0, 0.05) is 17.1 Å². The van der Waals surface area contributed by atoms with E-state index < -0.39 is 0 Å². The number of carbonyl (C=O) groups excluding carboxylic acids is 1. The molecule has 0 saturated heterocycles. The van der Waals surface area contributed by atoms with Crippen LogP contribution in [-0.2, 0) is 17.8 Å². The number of amides is 1. The summed E-state index contributed by atoms with van der Waals surface area (Å²) < 4.78 is 1.75. The van der Waals surface area contributed by atoms with Gasteiger partial charge in [-0.2, -0.15) is 5.10 Å². The molecule has 122 valence electrons. The van der Waals surface area contributed by atoms with Crippen LogP contribution in [0, 0.1) is 0 Å². The minimum absolute atomic E-state index is 0.0148. The summed E-state index contributed by atoms with van der Waals surface area (Å²) in [6.45, 7) is 0.656. The summed E-state index contributed by atoms with van der Waals surface area (Å²) in [5, 5.41) is 7.66. The normalized spacial score (nSPS) is 10.5. The molecule has 0 aliphatic heterocycles. The number of aromatic nitrogens is 3. The molecular weight excluding hydrogens is 324 g/mol. The lowest BCUT2D eigenvalue weighted by molar-refractivity contribution is -0.116. The Bertz CT molecular complexity index is 800. The van der Waals surface area contributed by atoms with Crippen molar-refractivity contribution in [3.05, 3.63) is 77.3 Å². The smallest absolute Gasteiger partial charge is 0.224 e. The fourth-order valence-corrected chi connectivity index (χ4v) is 2.58. The average Bonchev–Trinajstić information content (AvgIpc) is 3.08. The van der Waals surface area contributed by atoms with Crippen LogP contribution >= 0.6 is 11.6 Å². The standard InChI is InChI=1S/C18H17ClN4O/c19-16-3-1-2-14(10-16)6-9-18(24)22-17-7-4-15(5-8-17)11-23-13-20-12-21-23/h1-5,7-8,10,12-13H,6,9,11H2,(H,22,24). The molecule has 0 atom stereocenters. The van der Waals surface area contributed by atoms with E-state index in [0.29, 0.717) is 24.4 Å². The summed E-state index contributed by atoms with van der Waals surface area (Å²) in [4.78, 5) is 16.0. The molecule has 1 heterocycles. The molecule has 0 aliphatic rings. The Kier molecular flexibility index (Phi) is 5.23. The van der Waals surface area contributed by atoms with Crippen molar-refractivity contribution in [2.45, 2.75) is 19.4 Å². The quantitative estimate of drug-likeness (QED) is 0.746. The minimum Gasteiger partial charge on any atom is -0.326 e. The molecule has 3 aromatic rings. The van der Waals surface area contributed by atoms with Crippen molar-refractivity contribution in [1.82, 2.24) is 14.8 Å². The Balaban J connectivity index is 1.51. The van der Waals surface area contributed by atoms with Crippen LogP contribution in [0.3, 0.4) is 0 Å². The van der Waals surface area contributed by atoms with Gasteiger partial charge in [0.15, 0.2) is 0 Å². The van der Waals surface area contributed by atoms with Crippen LogP contribution in [0.2, 0.25) is 5.02 Å². The van der Waals surface area contributed by atoms with Crippen LogP contribution in [0.5, 0.6) is 0 Å². The highest BCUT2D eigenvalue weighted by Gasteiger charge is 2.04. The maximum Gasteiger partial charge on any atom is 0.224 e. The van der Waals surface area contributed by atoms with Crippen molar-refractivity contribution in [3.63, 3.8) is 0 Å². The van der Waals surface area contributed by atoms with Gasteiger partial charge in [0.05, 0.1) is 6.54 Å². The molecule has 5 nitrogen and oxygen atoms in total. The Morgan fingerprint density at radius 3 is 2.67 bits per heavy atom. The van der Waals surface area contributed by atoms with Crippen LogP contribution in [0.25, 0.3) is 0 Å². The first-order valence-corrected chi connectivity index (χ1v) is 8.02. The first-order valence-electron chi connectivity index (χ1n) is 7.65. The van der Waals surface area contributed by atoms with Gasteiger partial charge in [-0.25, -0.2) is 9.67 Å². The molecule has 0 unspecified atom stereocenters. The third-order valence-electron chi connectivity index (χ3n) is 3.58. The van der Waals surface area contributed by atoms with Crippen LogP contribution in [0.15, 0.2) is 61.2 Å². The monoisotopic (exact) mass is 340 g/mol. The lowest BCUT2D eigenvalue weighted by atomic mass is 10.1. The molecule has 0 aliphatic carbocycles. The largest absolute Gasteiger partial charge is 0.326 e. The van der Waals surface area contributed by atoms with Crippen LogP contribution in [0.1, 0.15) is 17.5 Å². The molecule has 1 N–H and O–H groups in total. The summed E-state index contributed by atoms with van der Waals surface area (Å²) in [5.41, 5.74) is 2.94. The molecular formula is C18H17ClN4O. The Hall–Kier alpha value is -2.66.